The van der Waals surface area contributed by atoms with Gasteiger partial charge in [-0.15, -0.1) is 0 Å². The van der Waals surface area contributed by atoms with E-state index in [2.05, 4.69) is 16.0 Å². The van der Waals surface area contributed by atoms with Crippen molar-refractivity contribution in [3.63, 3.8) is 0 Å². The van der Waals surface area contributed by atoms with E-state index in [1.165, 1.54) is 18.0 Å². The number of fused-ring (bicyclic) bond motifs is 5. The molecule has 1 saturated heterocycles. The topological polar surface area (TPSA) is 203 Å². The monoisotopic (exact) mass is 582 g/mol. The van der Waals surface area contributed by atoms with Crippen LogP contribution in [0.1, 0.15) is 36.8 Å². The Balaban J connectivity index is 1.74. The number of phenolic OH excluding ortho intramolecular Hbond substituents is 2. The van der Waals surface area contributed by atoms with E-state index in [1.807, 2.05) is 6.07 Å². The molecule has 42 heavy (non-hydrogen) atoms. The molecule has 2 aliphatic rings. The van der Waals surface area contributed by atoms with E-state index in [0.717, 1.165) is 37.1 Å². The number of aromatic hydroxyl groups is 2. The molecule has 0 saturated carbocycles. The number of carbonyl (C=O) groups is 3. The molecule has 10 N–H and O–H groups in total. The quantitative estimate of drug-likeness (QED) is 0.228. The van der Waals surface area contributed by atoms with Gasteiger partial charge in [-0.2, -0.15) is 0 Å². The molecule has 2 aliphatic heterocycles. The Morgan fingerprint density at radius 2 is 1.67 bits per heavy atom. The number of carbonyl (C=O) groups excluding carboxylic acids is 3. The van der Waals surface area contributed by atoms with Crippen LogP contribution >= 0.6 is 0 Å². The van der Waals surface area contributed by atoms with Crippen LogP contribution in [0, 0.1) is 0 Å². The lowest BCUT2D eigenvalue weighted by Crippen LogP contribution is -2.58. The minimum Gasteiger partial charge on any atom is -0.508 e. The Kier molecular flexibility index (Phi) is 10.4. The predicted molar refractivity (Wildman–Crippen MR) is 157 cm³/mol. The summed E-state index contributed by atoms with van der Waals surface area (Å²) >= 11 is 0. The third-order valence-electron chi connectivity index (χ3n) is 8.15. The predicted octanol–water partition coefficient (Wildman–Crippen LogP) is -0.529. The number of phenols is 2. The van der Waals surface area contributed by atoms with E-state index in [4.69, 9.17) is 11.5 Å². The van der Waals surface area contributed by atoms with Gasteiger partial charge in [-0.25, -0.2) is 0 Å². The summed E-state index contributed by atoms with van der Waals surface area (Å²) in [6, 6.07) is 6.82. The average molecular weight is 583 g/mol. The Morgan fingerprint density at radius 3 is 2.31 bits per heavy atom. The summed E-state index contributed by atoms with van der Waals surface area (Å²) in [6.07, 6.45) is 0.700. The molecule has 2 aromatic rings. The van der Waals surface area contributed by atoms with Gasteiger partial charge < -0.3 is 47.6 Å². The van der Waals surface area contributed by atoms with E-state index >= 15 is 0 Å². The van der Waals surface area contributed by atoms with Gasteiger partial charge in [0.05, 0.1) is 12.1 Å². The van der Waals surface area contributed by atoms with Gasteiger partial charge in [0.15, 0.2) is 0 Å². The third kappa shape index (κ3) is 7.57. The number of rotatable bonds is 5. The van der Waals surface area contributed by atoms with E-state index in [-0.39, 0.29) is 55.7 Å². The van der Waals surface area contributed by atoms with Crippen molar-refractivity contribution in [3.05, 3.63) is 47.5 Å². The van der Waals surface area contributed by atoms with Crippen molar-refractivity contribution in [1.29, 1.82) is 0 Å². The molecular formula is C30H42N6O6. The van der Waals surface area contributed by atoms with Crippen LogP contribution in [0.3, 0.4) is 0 Å². The van der Waals surface area contributed by atoms with Gasteiger partial charge in [0.1, 0.15) is 23.6 Å². The lowest BCUT2D eigenvalue weighted by Gasteiger charge is -2.33. The van der Waals surface area contributed by atoms with Crippen LogP contribution in [-0.4, -0.2) is 94.9 Å². The summed E-state index contributed by atoms with van der Waals surface area (Å²) in [4.78, 5) is 41.9. The summed E-state index contributed by atoms with van der Waals surface area (Å²) in [7, 11) is 1.49. The number of benzene rings is 2. The largest absolute Gasteiger partial charge is 0.508 e. The minimum absolute atomic E-state index is 0.0199. The first-order valence-electron chi connectivity index (χ1n) is 14.4. The molecule has 3 amide bonds. The molecule has 0 aromatic heterocycles. The van der Waals surface area contributed by atoms with Crippen LogP contribution in [0.15, 0.2) is 36.4 Å². The normalized spacial score (nSPS) is 23.2. The molecule has 0 spiro atoms. The number of aliphatic hydroxyl groups is 1. The summed E-state index contributed by atoms with van der Waals surface area (Å²) < 4.78 is 0. The van der Waals surface area contributed by atoms with Crippen LogP contribution in [0.2, 0.25) is 0 Å². The smallest absolute Gasteiger partial charge is 0.245 e. The van der Waals surface area contributed by atoms with Crippen LogP contribution in [0.4, 0.5) is 0 Å². The molecule has 2 heterocycles. The molecule has 4 bridgehead atoms. The van der Waals surface area contributed by atoms with Gasteiger partial charge in [-0.1, -0.05) is 12.1 Å². The Labute approximate surface area is 245 Å². The van der Waals surface area contributed by atoms with E-state index < -0.39 is 36.0 Å². The summed E-state index contributed by atoms with van der Waals surface area (Å²) in [5, 5.41) is 40.4. The third-order valence-corrected chi connectivity index (χ3v) is 8.15. The van der Waals surface area contributed by atoms with Gasteiger partial charge in [-0.3, -0.25) is 14.4 Å². The van der Waals surface area contributed by atoms with Gasteiger partial charge in [0.25, 0.3) is 0 Å². The fourth-order valence-corrected chi connectivity index (χ4v) is 5.55. The highest BCUT2D eigenvalue weighted by molar-refractivity contribution is 5.93. The molecule has 12 nitrogen and oxygen atoms in total. The minimum atomic E-state index is -1.20. The Bertz CT molecular complexity index is 1280. The van der Waals surface area contributed by atoms with Crippen LogP contribution < -0.4 is 27.4 Å². The fourth-order valence-electron chi connectivity index (χ4n) is 5.55. The number of amides is 3. The number of hydrogen-bond donors (Lipinski definition) is 8. The standard InChI is InChI=1S/C30H42N6O6/c1-36-25(29(41)34-21-8-10-33-11-9-21)5-2-19-12-17(3-6-26(19)38)18-4-7-27(39)20(13-18)14-23(32)28(40)35-24(30(36)42)15-22(37)16-31/h3-4,6-7,12-13,21-25,33,37-39H,2,5,8-11,14-16,31-32H2,1H3,(H,34,41)(H,35,40)/t22-,23?,24+,25+/m1/s1. The van der Waals surface area contributed by atoms with E-state index in [9.17, 15) is 29.7 Å². The molecule has 4 rings (SSSR count). The second-order valence-electron chi connectivity index (χ2n) is 11.2. The van der Waals surface area contributed by atoms with E-state index in [0.29, 0.717) is 11.1 Å². The average Bonchev–Trinajstić information content (AvgIpc) is 2.98. The summed E-state index contributed by atoms with van der Waals surface area (Å²) in [6.45, 7) is 1.41. The maximum absolute atomic E-state index is 13.8. The first kappa shape index (κ1) is 31.2. The van der Waals surface area contributed by atoms with Crippen molar-refractivity contribution in [2.45, 2.75) is 68.8 Å². The first-order valence-corrected chi connectivity index (χ1v) is 14.4. The summed E-state index contributed by atoms with van der Waals surface area (Å²) in [5.74, 6) is -1.54. The van der Waals surface area contributed by atoms with Gasteiger partial charge in [-0.05, 0) is 85.3 Å². The number of likely N-dealkylation sites (N-methyl/N-ethyl adjacent to an activating group) is 1. The van der Waals surface area contributed by atoms with Crippen LogP contribution in [0.25, 0.3) is 11.1 Å². The Hall–Kier alpha value is -3.71. The van der Waals surface area contributed by atoms with Crippen molar-refractivity contribution in [2.75, 3.05) is 26.7 Å². The lowest BCUT2D eigenvalue weighted by atomic mass is 9.94. The number of aliphatic hydroxyl groups excluding tert-OH is 1. The van der Waals surface area contributed by atoms with Crippen molar-refractivity contribution in [3.8, 4) is 22.6 Å². The van der Waals surface area contributed by atoms with Crippen molar-refractivity contribution >= 4 is 17.7 Å². The second-order valence-corrected chi connectivity index (χ2v) is 11.2. The van der Waals surface area contributed by atoms with Gasteiger partial charge in [0.2, 0.25) is 17.7 Å². The Morgan fingerprint density at radius 1 is 1.05 bits per heavy atom. The molecular weight excluding hydrogens is 540 g/mol. The molecule has 0 aliphatic carbocycles. The maximum Gasteiger partial charge on any atom is 0.245 e. The fraction of sp³-hybridized carbons (Fsp3) is 0.500. The lowest BCUT2D eigenvalue weighted by molar-refractivity contribution is -0.143. The highest BCUT2D eigenvalue weighted by Crippen LogP contribution is 2.31. The number of nitrogens with one attached hydrogen (secondary N) is 3. The zero-order chi connectivity index (χ0) is 30.4. The molecule has 1 fully saturated rings. The van der Waals surface area contributed by atoms with Gasteiger partial charge in [0, 0.05) is 32.5 Å². The number of hydrogen-bond acceptors (Lipinski definition) is 9. The molecule has 228 valence electrons. The maximum atomic E-state index is 13.8. The number of nitrogens with zero attached hydrogens (tertiary/aromatic N) is 1. The number of aryl methyl sites for hydroxylation is 1. The zero-order valence-corrected chi connectivity index (χ0v) is 23.9. The summed E-state index contributed by atoms with van der Waals surface area (Å²) in [5.41, 5.74) is 14.4. The molecule has 0 radical (unpaired) electrons. The van der Waals surface area contributed by atoms with Crippen LogP contribution in [0.5, 0.6) is 11.5 Å². The number of piperidine rings is 1. The van der Waals surface area contributed by atoms with Crippen molar-refractivity contribution < 1.29 is 29.7 Å². The highest BCUT2D eigenvalue weighted by Gasteiger charge is 2.35. The number of nitrogens with two attached hydrogens (primary N) is 2. The molecule has 2 aromatic carbocycles. The molecule has 4 atom stereocenters. The van der Waals surface area contributed by atoms with Gasteiger partial charge >= 0.3 is 0 Å². The zero-order valence-electron chi connectivity index (χ0n) is 23.9. The molecule has 1 unspecified atom stereocenters. The SMILES string of the molecule is CN1C(=O)[C@H](C[C@@H](O)CN)NC(=O)C(N)Cc2cc(ccc2O)-c2ccc(O)c(c2)CC[C@H]1C(=O)NC1CCNCC1. The first-order chi connectivity index (χ1) is 20.1. The van der Waals surface area contributed by atoms with Crippen molar-refractivity contribution in [2.24, 2.45) is 11.5 Å². The van der Waals surface area contributed by atoms with E-state index in [1.54, 1.807) is 24.3 Å². The molecule has 12 heteroatoms. The highest BCUT2D eigenvalue weighted by atomic mass is 16.3. The van der Waals surface area contributed by atoms with Crippen LogP contribution in [-0.2, 0) is 27.2 Å². The second kappa shape index (κ2) is 14.0. The van der Waals surface area contributed by atoms with Crippen molar-refractivity contribution in [1.82, 2.24) is 20.9 Å².